The average Bonchev–Trinajstić information content (AvgIpc) is 2.61. The minimum absolute atomic E-state index is 0.161. The van der Waals surface area contributed by atoms with Gasteiger partial charge < -0.3 is 4.90 Å². The first kappa shape index (κ1) is 15.3. The van der Waals surface area contributed by atoms with Gasteiger partial charge in [-0.3, -0.25) is 0 Å². The van der Waals surface area contributed by atoms with Crippen molar-refractivity contribution in [3.8, 4) is 0 Å². The molecule has 0 atom stereocenters. The largest absolute Gasteiger partial charge is 0.302 e. The minimum atomic E-state index is 0.161. The molecule has 22 heavy (non-hydrogen) atoms. The molecule has 3 rings (SSSR count). The van der Waals surface area contributed by atoms with Crippen molar-refractivity contribution in [2.45, 2.75) is 38.0 Å². The van der Waals surface area contributed by atoms with Crippen molar-refractivity contribution in [1.82, 2.24) is 4.90 Å². The van der Waals surface area contributed by atoms with Gasteiger partial charge in [0.15, 0.2) is 0 Å². The summed E-state index contributed by atoms with van der Waals surface area (Å²) < 4.78 is 0. The predicted octanol–water partition coefficient (Wildman–Crippen LogP) is 4.87. The number of benzene rings is 2. The van der Waals surface area contributed by atoms with Gasteiger partial charge in [-0.2, -0.15) is 0 Å². The van der Waals surface area contributed by atoms with E-state index in [0.29, 0.717) is 0 Å². The Morgan fingerprint density at radius 2 is 1.50 bits per heavy atom. The van der Waals surface area contributed by atoms with E-state index in [9.17, 15) is 0 Å². The summed E-state index contributed by atoms with van der Waals surface area (Å²) in [5, 5.41) is 0. The van der Waals surface area contributed by atoms with Crippen LogP contribution in [0, 0.1) is 0 Å². The summed E-state index contributed by atoms with van der Waals surface area (Å²) in [4.78, 5) is 2.67. The van der Waals surface area contributed by atoms with Crippen molar-refractivity contribution in [3.63, 3.8) is 0 Å². The fourth-order valence-electron chi connectivity index (χ4n) is 3.87. The van der Waals surface area contributed by atoms with Gasteiger partial charge in [-0.15, -0.1) is 0 Å². The van der Waals surface area contributed by atoms with Crippen molar-refractivity contribution in [3.05, 3.63) is 71.8 Å². The quantitative estimate of drug-likeness (QED) is 0.760. The topological polar surface area (TPSA) is 3.24 Å². The zero-order chi connectivity index (χ0) is 15.3. The third-order valence-corrected chi connectivity index (χ3v) is 5.05. The van der Waals surface area contributed by atoms with Crippen LogP contribution in [-0.4, -0.2) is 24.5 Å². The van der Waals surface area contributed by atoms with Crippen LogP contribution in [0.25, 0.3) is 0 Å². The number of unbranched alkanes of at least 4 members (excludes halogenated alkanes) is 1. The minimum Gasteiger partial charge on any atom is -0.302 e. The fraction of sp³-hybridized carbons (Fsp3) is 0.429. The molecular weight excluding hydrogens is 266 g/mol. The van der Waals surface area contributed by atoms with Crippen LogP contribution in [0.2, 0.25) is 0 Å². The smallest absolute Gasteiger partial charge is 0.0330 e. The Kier molecular flexibility index (Phi) is 4.94. The van der Waals surface area contributed by atoms with Crippen LogP contribution in [0.5, 0.6) is 0 Å². The maximum Gasteiger partial charge on any atom is 0.0330 e. The van der Waals surface area contributed by atoms with Gasteiger partial charge >= 0.3 is 0 Å². The zero-order valence-electron chi connectivity index (χ0n) is 13.7. The molecule has 1 heterocycles. The maximum atomic E-state index is 2.67. The van der Waals surface area contributed by atoms with Crippen molar-refractivity contribution >= 4 is 0 Å². The van der Waals surface area contributed by atoms with E-state index in [4.69, 9.17) is 0 Å². The highest BCUT2D eigenvalue weighted by molar-refractivity contribution is 5.40. The third kappa shape index (κ3) is 3.10. The molecule has 0 radical (unpaired) electrons. The highest BCUT2D eigenvalue weighted by atomic mass is 15.1. The number of likely N-dealkylation sites (tertiary alicyclic amines) is 1. The Labute approximate surface area is 135 Å². The molecule has 1 fully saturated rings. The summed E-state index contributed by atoms with van der Waals surface area (Å²) in [6, 6.07) is 22.3. The molecule has 0 bridgehead atoms. The van der Waals surface area contributed by atoms with Crippen LogP contribution in [-0.2, 0) is 5.41 Å². The molecule has 116 valence electrons. The van der Waals surface area contributed by atoms with Crippen LogP contribution >= 0.6 is 0 Å². The lowest BCUT2D eigenvalue weighted by Gasteiger charge is -2.44. The Hall–Kier alpha value is -1.60. The van der Waals surface area contributed by atoms with E-state index < -0.39 is 0 Å². The maximum absolute atomic E-state index is 2.67. The second-order valence-corrected chi connectivity index (χ2v) is 6.55. The molecule has 0 saturated carbocycles. The molecule has 0 aliphatic carbocycles. The van der Waals surface area contributed by atoms with Crippen LogP contribution in [0.15, 0.2) is 60.7 Å². The van der Waals surface area contributed by atoms with Crippen LogP contribution in [0.4, 0.5) is 0 Å². The Morgan fingerprint density at radius 3 is 2.05 bits per heavy atom. The monoisotopic (exact) mass is 293 g/mol. The second-order valence-electron chi connectivity index (χ2n) is 6.55. The van der Waals surface area contributed by atoms with E-state index in [1.54, 1.807) is 0 Å². The zero-order valence-corrected chi connectivity index (χ0v) is 13.7. The van der Waals surface area contributed by atoms with E-state index >= 15 is 0 Å². The molecular formula is C21H27N. The molecule has 0 N–H and O–H groups in total. The Morgan fingerprint density at radius 1 is 0.909 bits per heavy atom. The fourth-order valence-corrected chi connectivity index (χ4v) is 3.87. The van der Waals surface area contributed by atoms with E-state index in [0.717, 1.165) is 6.54 Å². The van der Waals surface area contributed by atoms with Gasteiger partial charge in [0, 0.05) is 12.0 Å². The summed E-state index contributed by atoms with van der Waals surface area (Å²) in [5.74, 6) is 0. The predicted molar refractivity (Wildman–Crippen MR) is 94.2 cm³/mol. The Balaban J connectivity index is 1.97. The van der Waals surface area contributed by atoms with Crippen molar-refractivity contribution < 1.29 is 0 Å². The number of rotatable bonds is 5. The SMILES string of the molecule is CCCCN1CCCC(c2ccccc2)(c2ccccc2)C1. The van der Waals surface area contributed by atoms with E-state index in [2.05, 4.69) is 72.5 Å². The molecule has 2 aromatic rings. The highest BCUT2D eigenvalue weighted by Gasteiger charge is 2.38. The number of piperidine rings is 1. The molecule has 1 heteroatoms. The van der Waals surface area contributed by atoms with Gasteiger partial charge in [0.05, 0.1) is 0 Å². The molecule has 1 saturated heterocycles. The number of hydrogen-bond donors (Lipinski definition) is 0. The van der Waals surface area contributed by atoms with Crippen LogP contribution < -0.4 is 0 Å². The van der Waals surface area contributed by atoms with Gasteiger partial charge in [-0.1, -0.05) is 74.0 Å². The summed E-state index contributed by atoms with van der Waals surface area (Å²) >= 11 is 0. The molecule has 2 aromatic carbocycles. The Bertz CT molecular complexity index is 521. The molecule has 1 nitrogen and oxygen atoms in total. The lowest BCUT2D eigenvalue weighted by molar-refractivity contribution is 0.166. The molecule has 0 aromatic heterocycles. The van der Waals surface area contributed by atoms with Crippen molar-refractivity contribution in [2.24, 2.45) is 0 Å². The van der Waals surface area contributed by atoms with E-state index in [1.807, 2.05) is 0 Å². The first-order chi connectivity index (χ1) is 10.8. The van der Waals surface area contributed by atoms with Crippen molar-refractivity contribution in [2.75, 3.05) is 19.6 Å². The van der Waals surface area contributed by atoms with Gasteiger partial charge in [0.25, 0.3) is 0 Å². The second kappa shape index (κ2) is 7.11. The van der Waals surface area contributed by atoms with E-state index in [-0.39, 0.29) is 5.41 Å². The van der Waals surface area contributed by atoms with Gasteiger partial charge in [0.1, 0.15) is 0 Å². The summed E-state index contributed by atoms with van der Waals surface area (Å²) in [6.45, 7) is 5.92. The lowest BCUT2D eigenvalue weighted by Crippen LogP contribution is -2.47. The molecule has 0 spiro atoms. The molecule has 1 aliphatic rings. The lowest BCUT2D eigenvalue weighted by atomic mass is 9.69. The molecule has 0 unspecified atom stereocenters. The van der Waals surface area contributed by atoms with Gasteiger partial charge in [-0.05, 0) is 43.5 Å². The number of nitrogens with zero attached hydrogens (tertiary/aromatic N) is 1. The van der Waals surface area contributed by atoms with Gasteiger partial charge in [0.2, 0.25) is 0 Å². The average molecular weight is 293 g/mol. The van der Waals surface area contributed by atoms with E-state index in [1.165, 1.54) is 49.9 Å². The highest BCUT2D eigenvalue weighted by Crippen LogP contribution is 2.40. The normalized spacial score (nSPS) is 18.2. The summed E-state index contributed by atoms with van der Waals surface area (Å²) in [5.41, 5.74) is 3.11. The third-order valence-electron chi connectivity index (χ3n) is 5.05. The molecule has 0 amide bonds. The van der Waals surface area contributed by atoms with Gasteiger partial charge in [-0.25, -0.2) is 0 Å². The summed E-state index contributed by atoms with van der Waals surface area (Å²) in [6.07, 6.45) is 5.12. The van der Waals surface area contributed by atoms with Crippen molar-refractivity contribution in [1.29, 1.82) is 0 Å². The number of hydrogen-bond acceptors (Lipinski definition) is 1. The standard InChI is InChI=1S/C21H27N/c1-2-3-16-22-17-10-15-21(18-22,19-11-6-4-7-12-19)20-13-8-5-9-14-20/h4-9,11-14H,2-3,10,15-18H2,1H3. The first-order valence-electron chi connectivity index (χ1n) is 8.68. The summed E-state index contributed by atoms with van der Waals surface area (Å²) in [7, 11) is 0. The first-order valence-corrected chi connectivity index (χ1v) is 8.68. The van der Waals surface area contributed by atoms with Crippen LogP contribution in [0.1, 0.15) is 43.7 Å². The molecule has 1 aliphatic heterocycles. The van der Waals surface area contributed by atoms with Crippen LogP contribution in [0.3, 0.4) is 0 Å².